The monoisotopic (exact) mass is 309 g/mol. The summed E-state index contributed by atoms with van der Waals surface area (Å²) in [4.78, 5) is 15.9. The van der Waals surface area contributed by atoms with Gasteiger partial charge in [-0.3, -0.25) is 4.79 Å². The van der Waals surface area contributed by atoms with E-state index in [2.05, 4.69) is 10.3 Å². The van der Waals surface area contributed by atoms with Crippen molar-refractivity contribution in [1.29, 1.82) is 0 Å². The lowest BCUT2D eigenvalue weighted by molar-refractivity contribution is 0.100. The van der Waals surface area contributed by atoms with Gasteiger partial charge in [-0.05, 0) is 43.7 Å². The topological polar surface area (TPSA) is 68.0 Å². The molecule has 0 unspecified atom stereocenters. The van der Waals surface area contributed by atoms with Crippen molar-refractivity contribution in [2.45, 2.75) is 13.8 Å². The average molecular weight is 310 g/mol. The number of amides is 1. The van der Waals surface area contributed by atoms with Crippen LogP contribution in [-0.4, -0.2) is 10.9 Å². The molecule has 20 heavy (non-hydrogen) atoms. The quantitative estimate of drug-likeness (QED) is 0.905. The number of nitrogens with zero attached hydrogens (tertiary/aromatic N) is 1. The Labute approximate surface area is 126 Å². The Morgan fingerprint density at radius 2 is 1.90 bits per heavy atom. The minimum absolute atomic E-state index is 0.363. The number of benzene rings is 1. The molecule has 0 atom stereocenters. The molecule has 0 aliphatic carbocycles. The number of carbonyl (C=O) groups excluding carboxylic acids is 1. The molecule has 1 aromatic carbocycles. The molecular formula is C14H13Cl2N3O. The van der Waals surface area contributed by atoms with Crippen LogP contribution in [0.3, 0.4) is 0 Å². The normalized spacial score (nSPS) is 10.4. The fourth-order valence-electron chi connectivity index (χ4n) is 1.95. The summed E-state index contributed by atoms with van der Waals surface area (Å²) in [6, 6.07) is 6.88. The van der Waals surface area contributed by atoms with Gasteiger partial charge < -0.3 is 11.1 Å². The Hall–Kier alpha value is -1.78. The Morgan fingerprint density at radius 1 is 1.20 bits per heavy atom. The van der Waals surface area contributed by atoms with Gasteiger partial charge in [0.15, 0.2) is 0 Å². The third-order valence-corrected chi connectivity index (χ3v) is 3.51. The van der Waals surface area contributed by atoms with Crippen molar-refractivity contribution in [3.8, 4) is 0 Å². The smallest absolute Gasteiger partial charge is 0.252 e. The molecule has 1 aromatic heterocycles. The van der Waals surface area contributed by atoms with Crippen LogP contribution in [0.4, 0.5) is 11.5 Å². The summed E-state index contributed by atoms with van der Waals surface area (Å²) in [5, 5.41) is 3.93. The summed E-state index contributed by atoms with van der Waals surface area (Å²) in [7, 11) is 0. The first-order valence-electron chi connectivity index (χ1n) is 5.88. The van der Waals surface area contributed by atoms with Gasteiger partial charge in [0.2, 0.25) is 0 Å². The summed E-state index contributed by atoms with van der Waals surface area (Å²) in [5.74, 6) is -0.119. The minimum atomic E-state index is -0.530. The molecule has 0 saturated heterocycles. The molecule has 1 amide bonds. The number of nitrogens with two attached hydrogens (primary N) is 1. The van der Waals surface area contributed by atoms with E-state index in [1.165, 1.54) is 0 Å². The minimum Gasteiger partial charge on any atom is -0.365 e. The van der Waals surface area contributed by atoms with Crippen molar-refractivity contribution >= 4 is 40.6 Å². The van der Waals surface area contributed by atoms with Crippen molar-refractivity contribution in [3.63, 3.8) is 0 Å². The van der Waals surface area contributed by atoms with E-state index in [4.69, 9.17) is 28.9 Å². The summed E-state index contributed by atoms with van der Waals surface area (Å²) < 4.78 is 0. The van der Waals surface area contributed by atoms with Gasteiger partial charge in [-0.15, -0.1) is 0 Å². The number of aromatic nitrogens is 1. The third kappa shape index (κ3) is 3.03. The summed E-state index contributed by atoms with van der Waals surface area (Å²) >= 11 is 11.8. The fraction of sp³-hybridized carbons (Fsp3) is 0.143. The molecule has 0 bridgehead atoms. The summed E-state index contributed by atoms with van der Waals surface area (Å²) in [5.41, 5.74) is 8.01. The maximum atomic E-state index is 11.6. The number of carbonyl (C=O) groups is 1. The summed E-state index contributed by atoms with van der Waals surface area (Å²) in [6.07, 6.45) is 0. The highest BCUT2D eigenvalue weighted by atomic mass is 35.5. The second-order valence-electron chi connectivity index (χ2n) is 4.42. The number of hydrogen-bond donors (Lipinski definition) is 2. The molecule has 0 aliphatic rings. The van der Waals surface area contributed by atoms with Crippen LogP contribution in [0.5, 0.6) is 0 Å². The van der Waals surface area contributed by atoms with Gasteiger partial charge in [-0.2, -0.15) is 0 Å². The summed E-state index contributed by atoms with van der Waals surface area (Å²) in [6.45, 7) is 3.66. The average Bonchev–Trinajstić information content (AvgIpc) is 2.32. The second kappa shape index (κ2) is 5.69. The molecule has 104 valence electrons. The number of nitrogens with one attached hydrogen (secondary N) is 1. The van der Waals surface area contributed by atoms with Gasteiger partial charge in [-0.1, -0.05) is 23.2 Å². The molecule has 0 radical (unpaired) electrons. The van der Waals surface area contributed by atoms with Crippen LogP contribution in [-0.2, 0) is 0 Å². The largest absolute Gasteiger partial charge is 0.365 e. The Kier molecular flexibility index (Phi) is 4.16. The molecule has 4 nitrogen and oxygen atoms in total. The Balaban J connectivity index is 2.47. The second-order valence-corrected chi connectivity index (χ2v) is 5.24. The predicted octanol–water partition coefficient (Wildman–Crippen LogP) is 3.85. The number of pyridine rings is 1. The van der Waals surface area contributed by atoms with E-state index in [9.17, 15) is 4.79 Å². The molecule has 2 aromatic rings. The molecule has 0 fully saturated rings. The number of aryl methyl sites for hydroxylation is 2. The van der Waals surface area contributed by atoms with E-state index < -0.39 is 5.91 Å². The van der Waals surface area contributed by atoms with Crippen LogP contribution in [0.25, 0.3) is 0 Å². The Morgan fingerprint density at radius 3 is 2.50 bits per heavy atom. The zero-order valence-corrected chi connectivity index (χ0v) is 12.5. The van der Waals surface area contributed by atoms with Crippen LogP contribution >= 0.6 is 23.2 Å². The molecule has 6 heteroatoms. The lowest BCUT2D eigenvalue weighted by Crippen LogP contribution is -2.16. The first-order chi connectivity index (χ1) is 9.38. The van der Waals surface area contributed by atoms with Crippen molar-refractivity contribution in [3.05, 3.63) is 51.1 Å². The van der Waals surface area contributed by atoms with E-state index >= 15 is 0 Å². The Bertz CT molecular complexity index is 686. The molecule has 0 saturated carbocycles. The maximum Gasteiger partial charge on any atom is 0.252 e. The van der Waals surface area contributed by atoms with E-state index in [1.807, 2.05) is 13.8 Å². The molecular weight excluding hydrogens is 297 g/mol. The van der Waals surface area contributed by atoms with Gasteiger partial charge >= 0.3 is 0 Å². The molecule has 0 aliphatic heterocycles. The van der Waals surface area contributed by atoms with E-state index in [0.29, 0.717) is 27.1 Å². The van der Waals surface area contributed by atoms with Gasteiger partial charge in [0.05, 0.1) is 15.6 Å². The first-order valence-corrected chi connectivity index (χ1v) is 6.64. The SMILES string of the molecule is Cc1cc(C)c(C(N)=O)c(Nc2ccc(Cl)c(Cl)c2)n1. The zero-order chi connectivity index (χ0) is 14.9. The highest BCUT2D eigenvalue weighted by Gasteiger charge is 2.14. The maximum absolute atomic E-state index is 11.6. The van der Waals surface area contributed by atoms with Crippen LogP contribution in [0.2, 0.25) is 10.0 Å². The van der Waals surface area contributed by atoms with E-state index in [-0.39, 0.29) is 0 Å². The van der Waals surface area contributed by atoms with E-state index in [1.54, 1.807) is 24.3 Å². The lowest BCUT2D eigenvalue weighted by atomic mass is 10.1. The predicted molar refractivity (Wildman–Crippen MR) is 82.0 cm³/mol. The van der Waals surface area contributed by atoms with Gasteiger partial charge in [-0.25, -0.2) is 4.98 Å². The first kappa shape index (κ1) is 14.6. The lowest BCUT2D eigenvalue weighted by Gasteiger charge is -2.13. The van der Waals surface area contributed by atoms with Crippen molar-refractivity contribution < 1.29 is 4.79 Å². The molecule has 3 N–H and O–H groups in total. The van der Waals surface area contributed by atoms with Crippen LogP contribution in [0.1, 0.15) is 21.6 Å². The van der Waals surface area contributed by atoms with Crippen LogP contribution in [0.15, 0.2) is 24.3 Å². The highest BCUT2D eigenvalue weighted by Crippen LogP contribution is 2.28. The highest BCUT2D eigenvalue weighted by molar-refractivity contribution is 6.42. The number of rotatable bonds is 3. The van der Waals surface area contributed by atoms with Crippen molar-refractivity contribution in [2.24, 2.45) is 5.73 Å². The fourth-order valence-corrected chi connectivity index (χ4v) is 2.25. The van der Waals surface area contributed by atoms with Crippen LogP contribution in [0, 0.1) is 13.8 Å². The number of anilines is 2. The molecule has 0 spiro atoms. The van der Waals surface area contributed by atoms with Gasteiger partial charge in [0.1, 0.15) is 5.82 Å². The van der Waals surface area contributed by atoms with Crippen LogP contribution < -0.4 is 11.1 Å². The number of hydrogen-bond acceptors (Lipinski definition) is 3. The van der Waals surface area contributed by atoms with E-state index in [0.717, 1.165) is 11.3 Å². The molecule has 2 rings (SSSR count). The standard InChI is InChI=1S/C14H13Cl2N3O/c1-7-5-8(2)18-14(12(7)13(17)20)19-9-3-4-10(15)11(16)6-9/h3-6H,1-2H3,(H2,17,20)(H,18,19). The zero-order valence-electron chi connectivity index (χ0n) is 11.0. The molecule has 1 heterocycles. The number of halogens is 2. The van der Waals surface area contributed by atoms with Gasteiger partial charge in [0, 0.05) is 11.4 Å². The number of primary amides is 1. The van der Waals surface area contributed by atoms with Crippen molar-refractivity contribution in [1.82, 2.24) is 4.98 Å². The third-order valence-electron chi connectivity index (χ3n) is 2.77. The van der Waals surface area contributed by atoms with Gasteiger partial charge in [0.25, 0.3) is 5.91 Å². The van der Waals surface area contributed by atoms with Crippen molar-refractivity contribution in [2.75, 3.05) is 5.32 Å².